The molecule has 0 aromatic heterocycles. The van der Waals surface area contributed by atoms with Crippen molar-refractivity contribution in [1.29, 1.82) is 0 Å². The smallest absolute Gasteiger partial charge is 0.242 e. The van der Waals surface area contributed by atoms with E-state index in [0.29, 0.717) is 5.96 Å². The lowest BCUT2D eigenvalue weighted by Gasteiger charge is -2.21. The molecule has 0 aliphatic carbocycles. The number of rotatable bonds is 3. The maximum Gasteiger partial charge on any atom is 0.242 e. The minimum atomic E-state index is -0.0715. The average molecular weight is 368 g/mol. The molecule has 0 aromatic carbocycles. The normalized spacial score (nSPS) is 17.1. The van der Waals surface area contributed by atoms with E-state index in [-0.39, 0.29) is 42.5 Å². The van der Waals surface area contributed by atoms with Crippen LogP contribution in [0.15, 0.2) is 4.99 Å². The molecule has 0 bridgehead atoms. The molecule has 0 atom stereocenters. The number of nitrogens with zero attached hydrogens (tertiary/aromatic N) is 2. The predicted molar refractivity (Wildman–Crippen MR) is 85.2 cm³/mol. The number of carbonyl (C=O) groups excluding carboxylic acids is 1. The quantitative estimate of drug-likeness (QED) is 0.449. The van der Waals surface area contributed by atoms with E-state index in [1.54, 1.807) is 0 Å². The van der Waals surface area contributed by atoms with Gasteiger partial charge in [-0.3, -0.25) is 4.79 Å². The van der Waals surface area contributed by atoms with Gasteiger partial charge in [0.25, 0.3) is 0 Å². The molecular formula is C12H25IN4O. The number of halogens is 1. The number of hydrogen-bond donors (Lipinski definition) is 2. The number of nitrogens with two attached hydrogens (primary N) is 1. The highest BCUT2D eigenvalue weighted by Gasteiger charge is 2.11. The summed E-state index contributed by atoms with van der Waals surface area (Å²) in [6.45, 7) is 5.91. The summed E-state index contributed by atoms with van der Waals surface area (Å²) in [7, 11) is 0. The monoisotopic (exact) mass is 368 g/mol. The number of carbonyl (C=O) groups is 1. The van der Waals surface area contributed by atoms with Gasteiger partial charge in [0, 0.05) is 19.1 Å². The van der Waals surface area contributed by atoms with Crippen molar-refractivity contribution in [1.82, 2.24) is 10.2 Å². The average Bonchev–Trinajstić information content (AvgIpc) is 2.53. The third-order valence-electron chi connectivity index (χ3n) is 2.76. The fourth-order valence-corrected chi connectivity index (χ4v) is 1.92. The standard InChI is InChI=1S/C12H24N4O.HI/c1-10(2)15-11(17)9-14-12(13)16-7-5-3-4-6-8-16;/h10H,3-9H2,1-2H3,(H2,13,14)(H,15,17);1H. The first kappa shape index (κ1) is 17.5. The summed E-state index contributed by atoms with van der Waals surface area (Å²) in [4.78, 5) is 17.6. The molecule has 0 unspecified atom stereocenters. The van der Waals surface area contributed by atoms with E-state index in [2.05, 4.69) is 15.2 Å². The molecule has 6 heteroatoms. The minimum absolute atomic E-state index is 0. The Hall–Kier alpha value is -0.530. The summed E-state index contributed by atoms with van der Waals surface area (Å²) in [6.07, 6.45) is 4.85. The van der Waals surface area contributed by atoms with Crippen LogP contribution < -0.4 is 11.1 Å². The van der Waals surface area contributed by atoms with E-state index >= 15 is 0 Å². The Balaban J connectivity index is 0.00000289. The molecule has 1 saturated heterocycles. The largest absolute Gasteiger partial charge is 0.370 e. The number of amides is 1. The van der Waals surface area contributed by atoms with E-state index < -0.39 is 0 Å². The summed E-state index contributed by atoms with van der Waals surface area (Å²) >= 11 is 0. The first-order chi connectivity index (χ1) is 8.09. The third-order valence-corrected chi connectivity index (χ3v) is 2.76. The van der Waals surface area contributed by atoms with Gasteiger partial charge >= 0.3 is 0 Å². The zero-order chi connectivity index (χ0) is 12.7. The Morgan fingerprint density at radius 1 is 1.28 bits per heavy atom. The first-order valence-electron chi connectivity index (χ1n) is 6.44. The molecular weight excluding hydrogens is 343 g/mol. The Labute approximate surface area is 127 Å². The van der Waals surface area contributed by atoms with E-state index in [0.717, 1.165) is 25.9 Å². The Kier molecular flexibility index (Phi) is 9.13. The van der Waals surface area contributed by atoms with Crippen LogP contribution in [0.1, 0.15) is 39.5 Å². The van der Waals surface area contributed by atoms with Crippen LogP contribution in [0.25, 0.3) is 0 Å². The molecule has 1 aliphatic heterocycles. The first-order valence-corrected chi connectivity index (χ1v) is 6.44. The minimum Gasteiger partial charge on any atom is -0.370 e. The van der Waals surface area contributed by atoms with Crippen molar-refractivity contribution in [3.63, 3.8) is 0 Å². The van der Waals surface area contributed by atoms with Gasteiger partial charge in [-0.15, -0.1) is 24.0 Å². The zero-order valence-electron chi connectivity index (χ0n) is 11.3. The highest BCUT2D eigenvalue weighted by atomic mass is 127. The Bertz CT molecular complexity index is 273. The summed E-state index contributed by atoms with van der Waals surface area (Å²) < 4.78 is 0. The van der Waals surface area contributed by atoms with Crippen LogP contribution in [-0.2, 0) is 4.79 Å². The van der Waals surface area contributed by atoms with Gasteiger partial charge in [-0.05, 0) is 26.7 Å². The van der Waals surface area contributed by atoms with Gasteiger partial charge in [0.15, 0.2) is 5.96 Å². The second-order valence-corrected chi connectivity index (χ2v) is 4.80. The van der Waals surface area contributed by atoms with Crippen molar-refractivity contribution >= 4 is 35.8 Å². The van der Waals surface area contributed by atoms with Gasteiger partial charge in [-0.2, -0.15) is 0 Å². The highest BCUT2D eigenvalue weighted by Crippen LogP contribution is 2.08. The predicted octanol–water partition coefficient (Wildman–Crippen LogP) is 1.32. The van der Waals surface area contributed by atoms with E-state index in [1.807, 2.05) is 13.8 Å². The fraction of sp³-hybridized carbons (Fsp3) is 0.833. The van der Waals surface area contributed by atoms with Crippen LogP contribution in [0.5, 0.6) is 0 Å². The Morgan fingerprint density at radius 3 is 2.33 bits per heavy atom. The van der Waals surface area contributed by atoms with Gasteiger partial charge in [-0.25, -0.2) is 4.99 Å². The molecule has 1 fully saturated rings. The van der Waals surface area contributed by atoms with Crippen molar-refractivity contribution in [3.05, 3.63) is 0 Å². The van der Waals surface area contributed by atoms with Crippen LogP contribution in [0.4, 0.5) is 0 Å². The molecule has 1 amide bonds. The molecule has 18 heavy (non-hydrogen) atoms. The van der Waals surface area contributed by atoms with Crippen molar-refractivity contribution in [2.75, 3.05) is 19.6 Å². The zero-order valence-corrected chi connectivity index (χ0v) is 13.6. The lowest BCUT2D eigenvalue weighted by atomic mass is 10.2. The number of nitrogens with one attached hydrogen (secondary N) is 1. The molecule has 0 aromatic rings. The molecule has 106 valence electrons. The lowest BCUT2D eigenvalue weighted by molar-refractivity contribution is -0.120. The van der Waals surface area contributed by atoms with E-state index in [1.165, 1.54) is 12.8 Å². The summed E-state index contributed by atoms with van der Waals surface area (Å²) in [6, 6.07) is 0.150. The van der Waals surface area contributed by atoms with Crippen LogP contribution in [-0.4, -0.2) is 42.4 Å². The third kappa shape index (κ3) is 7.03. The topological polar surface area (TPSA) is 70.7 Å². The van der Waals surface area contributed by atoms with Crippen molar-refractivity contribution in [2.24, 2.45) is 10.7 Å². The summed E-state index contributed by atoms with van der Waals surface area (Å²) in [5, 5.41) is 2.79. The van der Waals surface area contributed by atoms with Crippen molar-refractivity contribution in [2.45, 2.75) is 45.6 Å². The van der Waals surface area contributed by atoms with Gasteiger partial charge in [-0.1, -0.05) is 12.8 Å². The van der Waals surface area contributed by atoms with Crippen LogP contribution in [0.2, 0.25) is 0 Å². The molecule has 5 nitrogen and oxygen atoms in total. The molecule has 1 rings (SSSR count). The highest BCUT2D eigenvalue weighted by molar-refractivity contribution is 14.0. The fourth-order valence-electron chi connectivity index (χ4n) is 1.92. The second-order valence-electron chi connectivity index (χ2n) is 4.80. The van der Waals surface area contributed by atoms with E-state index in [4.69, 9.17) is 5.73 Å². The van der Waals surface area contributed by atoms with Crippen molar-refractivity contribution < 1.29 is 4.79 Å². The van der Waals surface area contributed by atoms with Crippen LogP contribution in [0.3, 0.4) is 0 Å². The maximum atomic E-state index is 11.4. The number of hydrogen-bond acceptors (Lipinski definition) is 2. The number of guanidine groups is 1. The maximum absolute atomic E-state index is 11.4. The molecule has 1 aliphatic rings. The van der Waals surface area contributed by atoms with Crippen LogP contribution in [0, 0.1) is 0 Å². The van der Waals surface area contributed by atoms with Gasteiger partial charge in [0.05, 0.1) is 0 Å². The molecule has 1 heterocycles. The SMILES string of the molecule is CC(C)NC(=O)CN=C(N)N1CCCCCC1.I. The molecule has 0 saturated carbocycles. The van der Waals surface area contributed by atoms with Gasteiger partial charge in [0.1, 0.15) is 6.54 Å². The molecule has 0 spiro atoms. The molecule has 3 N–H and O–H groups in total. The second kappa shape index (κ2) is 9.41. The summed E-state index contributed by atoms with van der Waals surface area (Å²) in [5.74, 6) is 0.434. The van der Waals surface area contributed by atoms with Gasteiger partial charge in [0.2, 0.25) is 5.91 Å². The number of aliphatic imine (C=N–C) groups is 1. The van der Waals surface area contributed by atoms with Crippen LogP contribution >= 0.6 is 24.0 Å². The molecule has 0 radical (unpaired) electrons. The van der Waals surface area contributed by atoms with Gasteiger partial charge < -0.3 is 16.0 Å². The Morgan fingerprint density at radius 2 is 1.83 bits per heavy atom. The summed E-state index contributed by atoms with van der Waals surface area (Å²) in [5.41, 5.74) is 5.89. The van der Waals surface area contributed by atoms with E-state index in [9.17, 15) is 4.79 Å². The van der Waals surface area contributed by atoms with Crippen molar-refractivity contribution in [3.8, 4) is 0 Å². The number of likely N-dealkylation sites (tertiary alicyclic amines) is 1. The lowest BCUT2D eigenvalue weighted by Crippen LogP contribution is -2.39.